The zero-order chi connectivity index (χ0) is 13.0. The van der Waals surface area contributed by atoms with Crippen molar-refractivity contribution in [3.8, 4) is 0 Å². The van der Waals surface area contributed by atoms with Gasteiger partial charge in [-0.1, -0.05) is 33.6 Å². The van der Waals surface area contributed by atoms with E-state index >= 15 is 0 Å². The van der Waals surface area contributed by atoms with Gasteiger partial charge in [-0.2, -0.15) is 0 Å². The molecular weight excluding hydrogens is 332 g/mol. The van der Waals surface area contributed by atoms with Crippen LogP contribution in [-0.4, -0.2) is 5.11 Å². The molecule has 92 valence electrons. The van der Waals surface area contributed by atoms with Crippen LogP contribution in [-0.2, 0) is 0 Å². The van der Waals surface area contributed by atoms with Gasteiger partial charge in [-0.3, -0.25) is 0 Å². The van der Waals surface area contributed by atoms with Crippen LogP contribution in [0.1, 0.15) is 0 Å². The molecule has 0 aromatic heterocycles. The van der Waals surface area contributed by atoms with Gasteiger partial charge >= 0.3 is 0 Å². The zero-order valence-corrected chi connectivity index (χ0v) is 12.4. The molecule has 2 aromatic rings. The summed E-state index contributed by atoms with van der Waals surface area (Å²) in [5.41, 5.74) is 1.82. The van der Waals surface area contributed by atoms with E-state index in [0.717, 1.165) is 15.8 Å². The summed E-state index contributed by atoms with van der Waals surface area (Å²) >= 11 is 14.4. The van der Waals surface area contributed by atoms with Crippen molar-refractivity contribution in [2.75, 3.05) is 10.6 Å². The monoisotopic (exact) mass is 340 g/mol. The van der Waals surface area contributed by atoms with E-state index in [0.29, 0.717) is 10.1 Å². The Labute approximate surface area is 124 Å². The third-order valence-corrected chi connectivity index (χ3v) is 3.13. The Morgan fingerprint density at radius 2 is 1.67 bits per heavy atom. The summed E-state index contributed by atoms with van der Waals surface area (Å²) in [5.74, 6) is 0. The summed E-state index contributed by atoms with van der Waals surface area (Å²) in [6.07, 6.45) is 0. The lowest BCUT2D eigenvalue weighted by atomic mass is 10.3. The van der Waals surface area contributed by atoms with Gasteiger partial charge in [-0.15, -0.1) is 0 Å². The van der Waals surface area contributed by atoms with Gasteiger partial charge in [0.15, 0.2) is 5.11 Å². The molecule has 0 atom stereocenters. The molecule has 2 nitrogen and oxygen atoms in total. The topological polar surface area (TPSA) is 24.1 Å². The van der Waals surface area contributed by atoms with Crippen LogP contribution in [0.4, 0.5) is 11.4 Å². The first-order chi connectivity index (χ1) is 8.63. The predicted molar refractivity (Wildman–Crippen MR) is 85.4 cm³/mol. The van der Waals surface area contributed by atoms with Crippen LogP contribution in [0.25, 0.3) is 0 Å². The third-order valence-electron chi connectivity index (χ3n) is 2.18. The van der Waals surface area contributed by atoms with Gasteiger partial charge in [0.25, 0.3) is 0 Å². The van der Waals surface area contributed by atoms with E-state index in [1.54, 1.807) is 0 Å². The van der Waals surface area contributed by atoms with E-state index in [1.165, 1.54) is 0 Å². The first-order valence-electron chi connectivity index (χ1n) is 5.22. The molecule has 2 N–H and O–H groups in total. The highest BCUT2D eigenvalue weighted by Crippen LogP contribution is 2.17. The Hall–Kier alpha value is -1.10. The second-order valence-corrected chi connectivity index (χ2v) is 5.36. The molecule has 0 spiro atoms. The average molecular weight is 342 g/mol. The minimum Gasteiger partial charge on any atom is -0.332 e. The van der Waals surface area contributed by atoms with Crippen LogP contribution in [0.15, 0.2) is 53.0 Å². The van der Waals surface area contributed by atoms with E-state index in [9.17, 15) is 0 Å². The molecule has 0 fully saturated rings. The first-order valence-corrected chi connectivity index (χ1v) is 6.80. The summed E-state index contributed by atoms with van der Waals surface area (Å²) < 4.78 is 1.00. The molecule has 0 aliphatic carbocycles. The van der Waals surface area contributed by atoms with Gasteiger partial charge in [0, 0.05) is 20.9 Å². The van der Waals surface area contributed by atoms with Crippen molar-refractivity contribution in [2.45, 2.75) is 0 Å². The summed E-state index contributed by atoms with van der Waals surface area (Å²) in [6.45, 7) is 0. The van der Waals surface area contributed by atoms with Gasteiger partial charge in [0.05, 0.1) is 0 Å². The summed E-state index contributed by atoms with van der Waals surface area (Å²) in [4.78, 5) is 0. The van der Waals surface area contributed by atoms with Crippen molar-refractivity contribution in [3.63, 3.8) is 0 Å². The van der Waals surface area contributed by atoms with Gasteiger partial charge < -0.3 is 10.6 Å². The highest BCUT2D eigenvalue weighted by Gasteiger charge is 1.99. The van der Waals surface area contributed by atoms with Gasteiger partial charge in [0.2, 0.25) is 0 Å². The van der Waals surface area contributed by atoms with Crippen LogP contribution >= 0.6 is 39.7 Å². The highest BCUT2D eigenvalue weighted by molar-refractivity contribution is 9.10. The summed E-state index contributed by atoms with van der Waals surface area (Å²) in [5, 5.41) is 7.42. The number of halogens is 2. The van der Waals surface area contributed by atoms with Gasteiger partial charge in [-0.25, -0.2) is 0 Å². The molecule has 2 rings (SSSR count). The molecule has 0 bridgehead atoms. The number of thiocarbonyl (C=S) groups is 1. The maximum atomic E-state index is 5.81. The fourth-order valence-corrected chi connectivity index (χ4v) is 2.15. The smallest absolute Gasteiger partial charge is 0.175 e. The molecule has 18 heavy (non-hydrogen) atoms. The van der Waals surface area contributed by atoms with Crippen molar-refractivity contribution in [2.24, 2.45) is 0 Å². The number of hydrogen-bond donors (Lipinski definition) is 2. The Bertz CT molecular complexity index is 557. The minimum absolute atomic E-state index is 0.537. The number of hydrogen-bond acceptors (Lipinski definition) is 1. The Morgan fingerprint density at radius 1 is 1.00 bits per heavy atom. The minimum atomic E-state index is 0.537. The van der Waals surface area contributed by atoms with Crippen molar-refractivity contribution >= 4 is 56.2 Å². The molecular formula is C13H10BrClN2S. The number of anilines is 2. The van der Waals surface area contributed by atoms with E-state index in [4.69, 9.17) is 23.8 Å². The lowest BCUT2D eigenvalue weighted by Gasteiger charge is -2.10. The molecule has 0 saturated carbocycles. The molecule has 0 heterocycles. The number of benzene rings is 2. The zero-order valence-electron chi connectivity index (χ0n) is 9.28. The van der Waals surface area contributed by atoms with E-state index in [1.807, 2.05) is 48.5 Å². The van der Waals surface area contributed by atoms with Crippen LogP contribution in [0.2, 0.25) is 5.02 Å². The Balaban J connectivity index is 1.98. The molecule has 0 saturated heterocycles. The van der Waals surface area contributed by atoms with Crippen LogP contribution < -0.4 is 10.6 Å². The second-order valence-electron chi connectivity index (χ2n) is 3.60. The van der Waals surface area contributed by atoms with Crippen molar-refractivity contribution in [1.82, 2.24) is 0 Å². The first kappa shape index (κ1) is 13.3. The van der Waals surface area contributed by atoms with E-state index < -0.39 is 0 Å². The normalized spacial score (nSPS) is 9.89. The number of rotatable bonds is 2. The van der Waals surface area contributed by atoms with Crippen LogP contribution in [0.5, 0.6) is 0 Å². The maximum Gasteiger partial charge on any atom is 0.175 e. The fraction of sp³-hybridized carbons (Fsp3) is 0. The van der Waals surface area contributed by atoms with Crippen molar-refractivity contribution in [1.29, 1.82) is 0 Å². The largest absolute Gasteiger partial charge is 0.332 e. The van der Waals surface area contributed by atoms with Gasteiger partial charge in [-0.05, 0) is 54.7 Å². The molecule has 0 aliphatic rings. The maximum absolute atomic E-state index is 5.81. The highest BCUT2D eigenvalue weighted by atomic mass is 79.9. The van der Waals surface area contributed by atoms with Crippen LogP contribution in [0, 0.1) is 0 Å². The SMILES string of the molecule is S=C(Nc1ccc(Cl)cc1)Nc1cccc(Br)c1. The standard InChI is InChI=1S/C13H10BrClN2S/c14-9-2-1-3-12(8-9)17-13(18)16-11-6-4-10(15)5-7-11/h1-8H,(H2,16,17,18). The molecule has 0 aliphatic heterocycles. The molecule has 2 aromatic carbocycles. The molecule has 0 unspecified atom stereocenters. The van der Waals surface area contributed by atoms with Crippen LogP contribution in [0.3, 0.4) is 0 Å². The van der Waals surface area contributed by atoms with Crippen molar-refractivity contribution < 1.29 is 0 Å². The Morgan fingerprint density at radius 3 is 2.33 bits per heavy atom. The fourth-order valence-electron chi connectivity index (χ4n) is 1.39. The predicted octanol–water partition coefficient (Wildman–Crippen LogP) is 4.91. The van der Waals surface area contributed by atoms with Crippen molar-refractivity contribution in [3.05, 3.63) is 58.0 Å². The lowest BCUT2D eigenvalue weighted by Crippen LogP contribution is -2.18. The van der Waals surface area contributed by atoms with E-state index in [2.05, 4.69) is 26.6 Å². The lowest BCUT2D eigenvalue weighted by molar-refractivity contribution is 1.58. The molecule has 5 heteroatoms. The van der Waals surface area contributed by atoms with Gasteiger partial charge in [0.1, 0.15) is 0 Å². The Kier molecular flexibility index (Phi) is 4.58. The quantitative estimate of drug-likeness (QED) is 0.759. The average Bonchev–Trinajstić information content (AvgIpc) is 2.32. The van der Waals surface area contributed by atoms with E-state index in [-0.39, 0.29) is 0 Å². The summed E-state index contributed by atoms with van der Waals surface area (Å²) in [7, 11) is 0. The third kappa shape index (κ3) is 3.98. The second kappa shape index (κ2) is 6.18. The molecule has 0 amide bonds. The summed E-state index contributed by atoms with van der Waals surface area (Å²) in [6, 6.07) is 15.2. The molecule has 0 radical (unpaired) electrons. The number of nitrogens with one attached hydrogen (secondary N) is 2.